The summed E-state index contributed by atoms with van der Waals surface area (Å²) in [5.41, 5.74) is 2.39. The molecule has 8 heteroatoms. The number of rotatable bonds is 6. The Hall–Kier alpha value is -2.74. The Bertz CT molecular complexity index is 856. The molecule has 0 fully saturated rings. The molecule has 0 bridgehead atoms. The normalized spacial score (nSPS) is 10.6. The van der Waals surface area contributed by atoms with E-state index >= 15 is 0 Å². The van der Waals surface area contributed by atoms with E-state index in [4.69, 9.17) is 12.2 Å². The lowest BCUT2D eigenvalue weighted by molar-refractivity contribution is 0.585. The highest BCUT2D eigenvalue weighted by Gasteiger charge is 2.05. The lowest BCUT2D eigenvalue weighted by atomic mass is 10.2. The molecule has 0 saturated heterocycles. The number of nitrogens with one attached hydrogen (secondary N) is 2. The third kappa shape index (κ3) is 4.63. The summed E-state index contributed by atoms with van der Waals surface area (Å²) in [6.45, 7) is 3.83. The van der Waals surface area contributed by atoms with Gasteiger partial charge in [0, 0.05) is 36.6 Å². The maximum Gasteiger partial charge on any atom is 0.171 e. The number of benzene rings is 1. The third-order valence-corrected chi connectivity index (χ3v) is 3.89. The molecule has 0 unspecified atom stereocenters. The Balaban J connectivity index is 1.52. The molecular weight excluding hydrogens is 339 g/mol. The minimum absolute atomic E-state index is 0.239. The summed E-state index contributed by atoms with van der Waals surface area (Å²) in [6, 6.07) is 6.66. The van der Waals surface area contributed by atoms with Gasteiger partial charge in [-0.1, -0.05) is 18.2 Å². The second kappa shape index (κ2) is 7.89. The molecule has 130 valence electrons. The van der Waals surface area contributed by atoms with E-state index < -0.39 is 0 Å². The van der Waals surface area contributed by atoms with E-state index in [1.807, 2.05) is 24.0 Å². The zero-order chi connectivity index (χ0) is 17.6. The van der Waals surface area contributed by atoms with Crippen LogP contribution in [0.4, 0.5) is 10.1 Å². The zero-order valence-electron chi connectivity index (χ0n) is 13.8. The molecule has 6 nitrogen and oxygen atoms in total. The average Bonchev–Trinajstić information content (AvgIpc) is 3.24. The minimum Gasteiger partial charge on any atom is -0.358 e. The van der Waals surface area contributed by atoms with Crippen molar-refractivity contribution in [2.24, 2.45) is 0 Å². The van der Waals surface area contributed by atoms with Crippen LogP contribution in [0.1, 0.15) is 18.1 Å². The maximum absolute atomic E-state index is 13.7. The number of anilines is 1. The predicted octanol–water partition coefficient (Wildman–Crippen LogP) is 2.77. The van der Waals surface area contributed by atoms with Gasteiger partial charge in [-0.2, -0.15) is 10.2 Å². The fourth-order valence-corrected chi connectivity index (χ4v) is 2.53. The Morgan fingerprint density at radius 3 is 2.72 bits per heavy atom. The Labute approximate surface area is 150 Å². The van der Waals surface area contributed by atoms with Crippen LogP contribution in [-0.4, -0.2) is 24.7 Å². The van der Waals surface area contributed by atoms with Gasteiger partial charge >= 0.3 is 0 Å². The molecule has 2 heterocycles. The molecule has 0 radical (unpaired) electrons. The van der Waals surface area contributed by atoms with E-state index in [1.165, 1.54) is 6.07 Å². The van der Waals surface area contributed by atoms with E-state index in [-0.39, 0.29) is 5.82 Å². The molecule has 0 amide bonds. The van der Waals surface area contributed by atoms with Gasteiger partial charge in [-0.05, 0) is 25.2 Å². The Morgan fingerprint density at radius 1 is 1.16 bits per heavy atom. The van der Waals surface area contributed by atoms with Gasteiger partial charge < -0.3 is 10.6 Å². The number of hydrogen-bond acceptors (Lipinski definition) is 3. The van der Waals surface area contributed by atoms with Crippen molar-refractivity contribution < 1.29 is 4.39 Å². The van der Waals surface area contributed by atoms with Crippen LogP contribution in [0.5, 0.6) is 0 Å². The van der Waals surface area contributed by atoms with Crippen molar-refractivity contribution in [1.82, 2.24) is 24.9 Å². The number of hydrogen-bond donors (Lipinski definition) is 2. The Morgan fingerprint density at radius 2 is 1.96 bits per heavy atom. The van der Waals surface area contributed by atoms with Crippen molar-refractivity contribution in [3.05, 3.63) is 66.0 Å². The molecule has 0 atom stereocenters. The van der Waals surface area contributed by atoms with Crippen molar-refractivity contribution in [3.8, 4) is 0 Å². The van der Waals surface area contributed by atoms with Gasteiger partial charge in [-0.25, -0.2) is 4.39 Å². The van der Waals surface area contributed by atoms with Crippen molar-refractivity contribution in [2.75, 3.05) is 5.32 Å². The van der Waals surface area contributed by atoms with Crippen molar-refractivity contribution >= 4 is 23.0 Å². The van der Waals surface area contributed by atoms with Crippen LogP contribution in [0.15, 0.2) is 49.1 Å². The molecule has 25 heavy (non-hydrogen) atoms. The van der Waals surface area contributed by atoms with Gasteiger partial charge in [0.2, 0.25) is 0 Å². The molecule has 0 aliphatic rings. The summed E-state index contributed by atoms with van der Waals surface area (Å²) < 4.78 is 17.2. The lowest BCUT2D eigenvalue weighted by Crippen LogP contribution is -2.27. The fraction of sp³-hybridized carbons (Fsp3) is 0.235. The number of aryl methyl sites for hydroxylation is 1. The second-order valence-corrected chi connectivity index (χ2v) is 5.94. The highest BCUT2D eigenvalue weighted by Crippen LogP contribution is 2.11. The monoisotopic (exact) mass is 358 g/mol. The summed E-state index contributed by atoms with van der Waals surface area (Å²) in [4.78, 5) is 0. The van der Waals surface area contributed by atoms with Crippen LogP contribution in [-0.2, 0) is 19.6 Å². The standard InChI is InChI=1S/C17H19FN6S/c1-2-23-10-13(8-20-23)7-19-17(25)22-15-9-21-24(12-15)11-14-5-3-4-6-16(14)18/h3-6,8-10,12H,2,7,11H2,1H3,(H2,19,22,25). The van der Waals surface area contributed by atoms with Gasteiger partial charge in [0.25, 0.3) is 0 Å². The van der Waals surface area contributed by atoms with Crippen LogP contribution in [0.25, 0.3) is 0 Å². The van der Waals surface area contributed by atoms with E-state index in [0.29, 0.717) is 23.8 Å². The largest absolute Gasteiger partial charge is 0.358 e. The molecule has 2 aromatic heterocycles. The molecule has 1 aromatic carbocycles. The van der Waals surface area contributed by atoms with Crippen LogP contribution in [0.3, 0.4) is 0 Å². The molecule has 3 aromatic rings. The van der Waals surface area contributed by atoms with Gasteiger partial charge in [0.05, 0.1) is 24.6 Å². The smallest absolute Gasteiger partial charge is 0.171 e. The first kappa shape index (κ1) is 17.1. The van der Waals surface area contributed by atoms with Crippen molar-refractivity contribution in [1.29, 1.82) is 0 Å². The summed E-state index contributed by atoms with van der Waals surface area (Å²) >= 11 is 5.28. The highest BCUT2D eigenvalue weighted by atomic mass is 32.1. The molecule has 0 spiro atoms. The first-order valence-electron chi connectivity index (χ1n) is 7.96. The molecular formula is C17H19FN6S. The highest BCUT2D eigenvalue weighted by molar-refractivity contribution is 7.80. The maximum atomic E-state index is 13.7. The van der Waals surface area contributed by atoms with Gasteiger partial charge in [-0.3, -0.25) is 9.36 Å². The SMILES string of the molecule is CCn1cc(CNC(=S)Nc2cnn(Cc3ccccc3F)c2)cn1. The van der Waals surface area contributed by atoms with Crippen molar-refractivity contribution in [2.45, 2.75) is 26.6 Å². The topological polar surface area (TPSA) is 59.7 Å². The van der Waals surface area contributed by atoms with Gasteiger partial charge in [0.1, 0.15) is 5.82 Å². The molecule has 3 rings (SSSR count). The van der Waals surface area contributed by atoms with E-state index in [1.54, 1.807) is 35.3 Å². The lowest BCUT2D eigenvalue weighted by Gasteiger charge is -2.07. The third-order valence-electron chi connectivity index (χ3n) is 3.65. The summed E-state index contributed by atoms with van der Waals surface area (Å²) in [6.07, 6.45) is 7.23. The predicted molar refractivity (Wildman–Crippen MR) is 98.7 cm³/mol. The van der Waals surface area contributed by atoms with E-state index in [2.05, 4.69) is 20.8 Å². The zero-order valence-corrected chi connectivity index (χ0v) is 14.6. The summed E-state index contributed by atoms with van der Waals surface area (Å²) in [7, 11) is 0. The first-order chi connectivity index (χ1) is 12.1. The van der Waals surface area contributed by atoms with Crippen molar-refractivity contribution in [3.63, 3.8) is 0 Å². The molecule has 0 aliphatic carbocycles. The Kier molecular flexibility index (Phi) is 5.39. The minimum atomic E-state index is -0.239. The van der Waals surface area contributed by atoms with E-state index in [0.717, 1.165) is 17.8 Å². The van der Waals surface area contributed by atoms with Crippen LogP contribution in [0, 0.1) is 5.82 Å². The number of thiocarbonyl (C=S) groups is 1. The quantitative estimate of drug-likeness (QED) is 0.664. The number of aromatic nitrogens is 4. The van der Waals surface area contributed by atoms with E-state index in [9.17, 15) is 4.39 Å². The molecule has 0 saturated carbocycles. The number of nitrogens with zero attached hydrogens (tertiary/aromatic N) is 4. The van der Waals surface area contributed by atoms with Gasteiger partial charge in [-0.15, -0.1) is 0 Å². The average molecular weight is 358 g/mol. The van der Waals surface area contributed by atoms with Crippen LogP contribution < -0.4 is 10.6 Å². The molecule has 0 aliphatic heterocycles. The fourth-order valence-electron chi connectivity index (χ4n) is 2.34. The van der Waals surface area contributed by atoms with Gasteiger partial charge in [0.15, 0.2) is 5.11 Å². The first-order valence-corrected chi connectivity index (χ1v) is 8.37. The van der Waals surface area contributed by atoms with Crippen LogP contribution in [0.2, 0.25) is 0 Å². The summed E-state index contributed by atoms with van der Waals surface area (Å²) in [5.74, 6) is -0.239. The second-order valence-electron chi connectivity index (χ2n) is 5.53. The number of halogens is 1. The van der Waals surface area contributed by atoms with Crippen LogP contribution >= 0.6 is 12.2 Å². The molecule has 2 N–H and O–H groups in total. The summed E-state index contributed by atoms with van der Waals surface area (Å²) in [5, 5.41) is 15.1.